The van der Waals surface area contributed by atoms with Gasteiger partial charge >= 0.3 is 0 Å². The number of aryl methyl sites for hydroxylation is 1. The molecule has 0 aliphatic carbocycles. The van der Waals surface area contributed by atoms with Crippen LogP contribution in [0.2, 0.25) is 0 Å². The van der Waals surface area contributed by atoms with E-state index in [2.05, 4.69) is 0 Å². The summed E-state index contributed by atoms with van der Waals surface area (Å²) in [7, 11) is -3.59. The Labute approximate surface area is 114 Å². The van der Waals surface area contributed by atoms with Gasteiger partial charge in [-0.15, -0.1) is 0 Å². The Hall–Kier alpha value is -0.940. The second kappa shape index (κ2) is 4.87. The zero-order valence-corrected chi connectivity index (χ0v) is 12.4. The molecule has 1 fully saturated rings. The van der Waals surface area contributed by atoms with E-state index in [4.69, 9.17) is 0 Å². The van der Waals surface area contributed by atoms with E-state index in [-0.39, 0.29) is 16.9 Å². The lowest BCUT2D eigenvalue weighted by Gasteiger charge is -2.38. The highest BCUT2D eigenvalue weighted by Gasteiger charge is 2.38. The van der Waals surface area contributed by atoms with Gasteiger partial charge in [0.1, 0.15) is 6.17 Å². The fourth-order valence-electron chi connectivity index (χ4n) is 2.53. The van der Waals surface area contributed by atoms with Crippen molar-refractivity contribution in [3.8, 4) is 0 Å². The average Bonchev–Trinajstić information content (AvgIpc) is 2.26. The summed E-state index contributed by atoms with van der Waals surface area (Å²) in [5.41, 5.74) is 0.677. The summed E-state index contributed by atoms with van der Waals surface area (Å²) < 4.78 is 40.0. The average molecular weight is 285 g/mol. The SMILES string of the molecule is Cc1ccc(S(=O)(=O)N2CC(F)CC(C)(C)C2)cc1. The molecule has 0 saturated carbocycles. The summed E-state index contributed by atoms with van der Waals surface area (Å²) in [6, 6.07) is 6.68. The van der Waals surface area contributed by atoms with Gasteiger partial charge in [-0.05, 0) is 30.9 Å². The van der Waals surface area contributed by atoms with Crippen LogP contribution in [0.1, 0.15) is 25.8 Å². The number of halogens is 1. The summed E-state index contributed by atoms with van der Waals surface area (Å²) in [6.07, 6.45) is -0.684. The van der Waals surface area contributed by atoms with Gasteiger partial charge in [0.05, 0.1) is 4.90 Å². The molecular weight excluding hydrogens is 265 g/mol. The van der Waals surface area contributed by atoms with Crippen LogP contribution in [-0.4, -0.2) is 32.0 Å². The van der Waals surface area contributed by atoms with Crippen molar-refractivity contribution in [2.45, 2.75) is 38.3 Å². The maximum Gasteiger partial charge on any atom is 0.243 e. The maximum atomic E-state index is 13.7. The first-order valence-corrected chi connectivity index (χ1v) is 7.86. The molecule has 106 valence electrons. The molecule has 0 radical (unpaired) electrons. The predicted molar refractivity (Wildman–Crippen MR) is 73.2 cm³/mol. The van der Waals surface area contributed by atoms with Crippen molar-refractivity contribution >= 4 is 10.0 Å². The Bertz CT molecular complexity index is 551. The van der Waals surface area contributed by atoms with Crippen LogP contribution in [-0.2, 0) is 10.0 Å². The molecule has 19 heavy (non-hydrogen) atoms. The van der Waals surface area contributed by atoms with E-state index in [1.807, 2.05) is 20.8 Å². The van der Waals surface area contributed by atoms with Crippen molar-refractivity contribution < 1.29 is 12.8 Å². The van der Waals surface area contributed by atoms with E-state index in [0.717, 1.165) is 5.56 Å². The molecule has 5 heteroatoms. The first-order valence-electron chi connectivity index (χ1n) is 6.42. The second-order valence-corrected chi connectivity index (χ2v) is 8.01. The van der Waals surface area contributed by atoms with Crippen molar-refractivity contribution in [2.24, 2.45) is 5.41 Å². The Morgan fingerprint density at radius 2 is 1.84 bits per heavy atom. The quantitative estimate of drug-likeness (QED) is 0.838. The molecule has 2 rings (SSSR count). The highest BCUT2D eigenvalue weighted by molar-refractivity contribution is 7.89. The van der Waals surface area contributed by atoms with Crippen molar-refractivity contribution in [1.82, 2.24) is 4.31 Å². The summed E-state index contributed by atoms with van der Waals surface area (Å²) in [5.74, 6) is 0. The minimum absolute atomic E-state index is 0.0420. The van der Waals surface area contributed by atoms with E-state index < -0.39 is 16.2 Å². The third-order valence-corrected chi connectivity index (χ3v) is 5.26. The number of rotatable bonds is 2. The molecule has 1 aliphatic rings. The highest BCUT2D eigenvalue weighted by Crippen LogP contribution is 2.33. The summed E-state index contributed by atoms with van der Waals surface area (Å²) in [5, 5.41) is 0. The number of nitrogens with zero attached hydrogens (tertiary/aromatic N) is 1. The molecule has 1 unspecified atom stereocenters. The number of sulfonamides is 1. The molecule has 0 N–H and O–H groups in total. The minimum atomic E-state index is -3.59. The lowest BCUT2D eigenvalue weighted by molar-refractivity contribution is 0.101. The summed E-state index contributed by atoms with van der Waals surface area (Å²) in [4.78, 5) is 0.239. The monoisotopic (exact) mass is 285 g/mol. The fraction of sp³-hybridized carbons (Fsp3) is 0.571. The van der Waals surface area contributed by atoms with Crippen LogP contribution >= 0.6 is 0 Å². The number of hydrogen-bond donors (Lipinski definition) is 0. The molecular formula is C14H20FNO2S. The van der Waals surface area contributed by atoms with Gasteiger partial charge in [-0.1, -0.05) is 31.5 Å². The predicted octanol–water partition coefficient (Wildman–Crippen LogP) is 2.75. The van der Waals surface area contributed by atoms with Crippen LogP contribution < -0.4 is 0 Å². The van der Waals surface area contributed by atoms with Crippen LogP contribution in [0, 0.1) is 12.3 Å². The molecule has 0 spiro atoms. The second-order valence-electron chi connectivity index (χ2n) is 6.08. The van der Waals surface area contributed by atoms with Crippen LogP contribution in [0.3, 0.4) is 0 Å². The lowest BCUT2D eigenvalue weighted by atomic mass is 9.84. The van der Waals surface area contributed by atoms with Gasteiger partial charge in [-0.2, -0.15) is 4.31 Å². The van der Waals surface area contributed by atoms with Crippen molar-refractivity contribution in [3.63, 3.8) is 0 Å². The van der Waals surface area contributed by atoms with Crippen molar-refractivity contribution in [1.29, 1.82) is 0 Å². The number of piperidine rings is 1. The topological polar surface area (TPSA) is 37.4 Å². The largest absolute Gasteiger partial charge is 0.246 e. The van der Waals surface area contributed by atoms with Gasteiger partial charge in [0.25, 0.3) is 0 Å². The normalized spacial score (nSPS) is 24.3. The molecule has 1 aromatic rings. The van der Waals surface area contributed by atoms with Crippen molar-refractivity contribution in [3.05, 3.63) is 29.8 Å². The molecule has 0 aromatic heterocycles. The standard InChI is InChI=1S/C14H20FNO2S/c1-11-4-6-13(7-5-11)19(17,18)16-9-12(15)8-14(2,3)10-16/h4-7,12H,8-10H2,1-3H3. The summed E-state index contributed by atoms with van der Waals surface area (Å²) >= 11 is 0. The van der Waals surface area contributed by atoms with Gasteiger partial charge < -0.3 is 0 Å². The van der Waals surface area contributed by atoms with E-state index in [9.17, 15) is 12.8 Å². The van der Waals surface area contributed by atoms with E-state index in [1.54, 1.807) is 24.3 Å². The lowest BCUT2D eigenvalue weighted by Crippen LogP contribution is -2.48. The van der Waals surface area contributed by atoms with E-state index in [0.29, 0.717) is 13.0 Å². The fourth-order valence-corrected chi connectivity index (χ4v) is 4.19. The van der Waals surface area contributed by atoms with Crippen LogP contribution in [0.15, 0.2) is 29.2 Å². The zero-order valence-electron chi connectivity index (χ0n) is 11.6. The Balaban J connectivity index is 2.31. The van der Waals surface area contributed by atoms with Crippen LogP contribution in [0.4, 0.5) is 4.39 Å². The van der Waals surface area contributed by atoms with Crippen LogP contribution in [0.25, 0.3) is 0 Å². The van der Waals surface area contributed by atoms with Gasteiger partial charge in [0, 0.05) is 13.1 Å². The number of alkyl halides is 1. The summed E-state index contributed by atoms with van der Waals surface area (Å²) in [6.45, 7) is 6.02. The molecule has 1 atom stereocenters. The molecule has 1 aromatic carbocycles. The van der Waals surface area contributed by atoms with Gasteiger partial charge in [0.15, 0.2) is 0 Å². The molecule has 3 nitrogen and oxygen atoms in total. The molecule has 0 amide bonds. The smallest absolute Gasteiger partial charge is 0.243 e. The van der Waals surface area contributed by atoms with E-state index >= 15 is 0 Å². The molecule has 1 aliphatic heterocycles. The number of benzene rings is 1. The maximum absolute atomic E-state index is 13.7. The number of hydrogen-bond acceptors (Lipinski definition) is 2. The van der Waals surface area contributed by atoms with Gasteiger partial charge in [-0.25, -0.2) is 12.8 Å². The van der Waals surface area contributed by atoms with E-state index in [1.165, 1.54) is 4.31 Å². The van der Waals surface area contributed by atoms with Gasteiger partial charge in [-0.3, -0.25) is 0 Å². The first kappa shape index (κ1) is 14.5. The molecule has 1 saturated heterocycles. The van der Waals surface area contributed by atoms with Crippen LogP contribution in [0.5, 0.6) is 0 Å². The Morgan fingerprint density at radius 3 is 2.37 bits per heavy atom. The third kappa shape index (κ3) is 3.15. The molecule has 0 bridgehead atoms. The molecule has 1 heterocycles. The van der Waals surface area contributed by atoms with Crippen molar-refractivity contribution in [2.75, 3.05) is 13.1 Å². The first-order chi connectivity index (χ1) is 8.71. The Kier molecular flexibility index (Phi) is 3.71. The highest BCUT2D eigenvalue weighted by atomic mass is 32.2. The third-order valence-electron chi connectivity index (χ3n) is 3.44. The minimum Gasteiger partial charge on any atom is -0.246 e. The van der Waals surface area contributed by atoms with Gasteiger partial charge in [0.2, 0.25) is 10.0 Å². The zero-order chi connectivity index (χ0) is 14.3. The Morgan fingerprint density at radius 1 is 1.26 bits per heavy atom.